The van der Waals surface area contributed by atoms with Crippen molar-refractivity contribution in [2.24, 2.45) is 0 Å². The maximum absolute atomic E-state index is 10.2. The highest BCUT2D eigenvalue weighted by Crippen LogP contribution is 2.10. The molecule has 0 radical (unpaired) electrons. The molecule has 25 heavy (non-hydrogen) atoms. The number of carbonyl (C=O) groups is 1. The van der Waals surface area contributed by atoms with Gasteiger partial charge in [0.15, 0.2) is 0 Å². The van der Waals surface area contributed by atoms with Crippen LogP contribution in [0.4, 0.5) is 0 Å². The molecule has 0 saturated carbocycles. The number of aliphatic hydroxyl groups is 1. The van der Waals surface area contributed by atoms with E-state index in [1.165, 1.54) is 44.9 Å². The van der Waals surface area contributed by atoms with Crippen molar-refractivity contribution in [2.45, 2.75) is 71.1 Å². The number of aliphatic hydroxyl groups excluding tert-OH is 1. The van der Waals surface area contributed by atoms with Crippen molar-refractivity contribution in [1.82, 2.24) is 0 Å². The summed E-state index contributed by atoms with van der Waals surface area (Å²) >= 11 is 0. The van der Waals surface area contributed by atoms with Crippen molar-refractivity contribution in [3.05, 3.63) is 0 Å². The van der Waals surface area contributed by atoms with Crippen LogP contribution < -0.4 is 0 Å². The minimum absolute atomic E-state index is 0.0675. The summed E-state index contributed by atoms with van der Waals surface area (Å²) < 4.78 is 14.8. The van der Waals surface area contributed by atoms with Crippen LogP contribution in [0.15, 0.2) is 0 Å². The predicted octanol–water partition coefficient (Wildman–Crippen LogP) is 3.65. The molecule has 0 aliphatic carbocycles. The van der Waals surface area contributed by atoms with E-state index in [0.717, 1.165) is 12.8 Å². The Kier molecular flexibility index (Phi) is 27.1. The maximum atomic E-state index is 10.2. The van der Waals surface area contributed by atoms with Gasteiger partial charge in [-0.25, -0.2) is 0 Å². The van der Waals surface area contributed by atoms with Gasteiger partial charge in [0.2, 0.25) is 0 Å². The Morgan fingerprint density at radius 1 is 0.760 bits per heavy atom. The summed E-state index contributed by atoms with van der Waals surface area (Å²) in [7, 11) is 1.63. The number of unbranched alkanes of at least 4 members (excludes halogenated alkanes) is 8. The van der Waals surface area contributed by atoms with E-state index in [4.69, 9.17) is 24.4 Å². The molecular formula is C19H40O6. The van der Waals surface area contributed by atoms with Crippen molar-refractivity contribution < 1.29 is 29.2 Å². The van der Waals surface area contributed by atoms with E-state index >= 15 is 0 Å². The summed E-state index contributed by atoms with van der Waals surface area (Å²) in [6, 6.07) is 0. The average molecular weight is 365 g/mol. The smallest absolute Gasteiger partial charge is 0.303 e. The first kappa shape index (κ1) is 26.5. The van der Waals surface area contributed by atoms with Gasteiger partial charge in [0.1, 0.15) is 0 Å². The molecule has 0 rings (SSSR count). The second-order valence-electron chi connectivity index (χ2n) is 5.91. The average Bonchev–Trinajstić information content (AvgIpc) is 2.60. The number of methoxy groups -OCH3 is 1. The first-order valence-electron chi connectivity index (χ1n) is 9.66. The third-order valence-corrected chi connectivity index (χ3v) is 3.53. The number of carboxylic acids is 1. The SMILES string of the molecule is CCCCCCCCCCCC(=O)O.COCCOCCOCCO. The van der Waals surface area contributed by atoms with Crippen LogP contribution in [-0.2, 0) is 19.0 Å². The number of hydrogen-bond donors (Lipinski definition) is 2. The van der Waals surface area contributed by atoms with Crippen molar-refractivity contribution >= 4 is 5.97 Å². The molecule has 152 valence electrons. The lowest BCUT2D eigenvalue weighted by Crippen LogP contribution is -2.09. The van der Waals surface area contributed by atoms with Gasteiger partial charge >= 0.3 is 5.97 Å². The van der Waals surface area contributed by atoms with E-state index in [2.05, 4.69) is 6.92 Å². The van der Waals surface area contributed by atoms with Crippen LogP contribution in [0.25, 0.3) is 0 Å². The lowest BCUT2D eigenvalue weighted by atomic mass is 10.1. The van der Waals surface area contributed by atoms with E-state index in [1.807, 2.05) is 0 Å². The van der Waals surface area contributed by atoms with Crippen molar-refractivity contribution in [3.8, 4) is 0 Å². The van der Waals surface area contributed by atoms with Gasteiger partial charge in [0, 0.05) is 13.5 Å². The molecule has 0 heterocycles. The van der Waals surface area contributed by atoms with Crippen molar-refractivity contribution in [3.63, 3.8) is 0 Å². The normalized spacial score (nSPS) is 10.4. The van der Waals surface area contributed by atoms with Crippen LogP contribution in [0.5, 0.6) is 0 Å². The molecule has 0 saturated heterocycles. The molecule has 2 N–H and O–H groups in total. The molecule has 0 aromatic rings. The lowest BCUT2D eigenvalue weighted by Gasteiger charge is -2.03. The summed E-state index contributed by atoms with van der Waals surface area (Å²) in [5, 5.41) is 16.7. The highest BCUT2D eigenvalue weighted by atomic mass is 16.5. The van der Waals surface area contributed by atoms with Crippen LogP contribution >= 0.6 is 0 Å². The summed E-state index contributed by atoms with van der Waals surface area (Å²) in [6.07, 6.45) is 11.5. The van der Waals surface area contributed by atoms with E-state index in [0.29, 0.717) is 39.5 Å². The van der Waals surface area contributed by atoms with Gasteiger partial charge in [-0.15, -0.1) is 0 Å². The van der Waals surface area contributed by atoms with Gasteiger partial charge in [-0.2, -0.15) is 0 Å². The Balaban J connectivity index is 0. The van der Waals surface area contributed by atoms with Crippen LogP contribution in [0.2, 0.25) is 0 Å². The Morgan fingerprint density at radius 3 is 1.72 bits per heavy atom. The summed E-state index contributed by atoms with van der Waals surface area (Å²) in [4.78, 5) is 10.2. The molecule has 0 aromatic heterocycles. The number of hydrogen-bond acceptors (Lipinski definition) is 5. The minimum Gasteiger partial charge on any atom is -0.481 e. The van der Waals surface area contributed by atoms with E-state index in [1.54, 1.807) is 7.11 Å². The Hall–Kier alpha value is -0.690. The molecule has 0 aliphatic heterocycles. The zero-order valence-electron chi connectivity index (χ0n) is 16.3. The molecule has 0 fully saturated rings. The first-order chi connectivity index (χ1) is 12.2. The first-order valence-corrected chi connectivity index (χ1v) is 9.66. The molecule has 0 aliphatic rings. The summed E-state index contributed by atoms with van der Waals surface area (Å²) in [5.41, 5.74) is 0. The number of rotatable bonds is 18. The van der Waals surface area contributed by atoms with E-state index in [9.17, 15) is 4.79 Å². The fourth-order valence-electron chi connectivity index (χ4n) is 2.12. The monoisotopic (exact) mass is 364 g/mol. The minimum atomic E-state index is -0.659. The molecule has 0 bridgehead atoms. The Morgan fingerprint density at radius 2 is 1.24 bits per heavy atom. The molecule has 0 amide bonds. The van der Waals surface area contributed by atoms with Gasteiger partial charge in [-0.1, -0.05) is 58.3 Å². The lowest BCUT2D eigenvalue weighted by molar-refractivity contribution is -0.137. The highest BCUT2D eigenvalue weighted by Gasteiger charge is 1.96. The molecule has 6 heteroatoms. The van der Waals surface area contributed by atoms with Gasteiger partial charge < -0.3 is 24.4 Å². The molecule has 6 nitrogen and oxygen atoms in total. The van der Waals surface area contributed by atoms with Crippen LogP contribution in [0.1, 0.15) is 71.1 Å². The highest BCUT2D eigenvalue weighted by molar-refractivity contribution is 5.66. The molecule has 0 atom stereocenters. The second-order valence-corrected chi connectivity index (χ2v) is 5.91. The predicted molar refractivity (Wildman–Crippen MR) is 100 cm³/mol. The standard InChI is InChI=1S/C12H24O2.C7H16O4/c1-2-3-4-5-6-7-8-9-10-11-12(13)14;1-9-4-5-11-7-6-10-3-2-8/h2-11H2,1H3,(H,13,14);8H,2-7H2,1H3. The Labute approximate surface area is 153 Å². The molecular weight excluding hydrogens is 324 g/mol. The fraction of sp³-hybridized carbons (Fsp3) is 0.947. The molecule has 0 aromatic carbocycles. The van der Waals surface area contributed by atoms with Crippen LogP contribution in [-0.4, -0.2) is 62.9 Å². The number of carboxylic acid groups (broad SMARTS) is 1. The maximum Gasteiger partial charge on any atom is 0.303 e. The van der Waals surface area contributed by atoms with Gasteiger partial charge in [0.25, 0.3) is 0 Å². The zero-order chi connectivity index (χ0) is 19.0. The van der Waals surface area contributed by atoms with Crippen molar-refractivity contribution in [1.29, 1.82) is 0 Å². The van der Waals surface area contributed by atoms with Gasteiger partial charge in [-0.05, 0) is 6.42 Å². The van der Waals surface area contributed by atoms with Gasteiger partial charge in [-0.3, -0.25) is 4.79 Å². The van der Waals surface area contributed by atoms with Crippen LogP contribution in [0.3, 0.4) is 0 Å². The molecule has 0 spiro atoms. The Bertz CT molecular complexity index is 240. The quantitative estimate of drug-likeness (QED) is 0.361. The molecule has 0 unspecified atom stereocenters. The second kappa shape index (κ2) is 25.5. The van der Waals surface area contributed by atoms with Gasteiger partial charge in [0.05, 0.1) is 39.6 Å². The zero-order valence-corrected chi connectivity index (χ0v) is 16.3. The van der Waals surface area contributed by atoms with E-state index in [-0.39, 0.29) is 6.61 Å². The summed E-state index contributed by atoms with van der Waals surface area (Å²) in [6.45, 7) is 4.98. The third kappa shape index (κ3) is 31.6. The number of ether oxygens (including phenoxy) is 3. The fourth-order valence-corrected chi connectivity index (χ4v) is 2.12. The van der Waals surface area contributed by atoms with Crippen molar-refractivity contribution in [2.75, 3.05) is 46.8 Å². The largest absolute Gasteiger partial charge is 0.481 e. The van der Waals surface area contributed by atoms with E-state index < -0.39 is 5.97 Å². The third-order valence-electron chi connectivity index (χ3n) is 3.53. The summed E-state index contributed by atoms with van der Waals surface area (Å²) in [5.74, 6) is -0.659. The van der Waals surface area contributed by atoms with Crippen LogP contribution in [0, 0.1) is 0 Å². The topological polar surface area (TPSA) is 85.2 Å². The number of aliphatic carboxylic acids is 1.